The number of halogens is 2. The van der Waals surface area contributed by atoms with Gasteiger partial charge in [-0.25, -0.2) is 8.42 Å². The molecule has 23 heteroatoms. The van der Waals surface area contributed by atoms with Crippen LogP contribution in [0.1, 0.15) is 59.5 Å². The van der Waals surface area contributed by atoms with Crippen molar-refractivity contribution < 1.29 is 55.2 Å². The van der Waals surface area contributed by atoms with Crippen LogP contribution in [0.5, 0.6) is 23.0 Å². The summed E-state index contributed by atoms with van der Waals surface area (Å²) in [6, 6.07) is 35.2. The summed E-state index contributed by atoms with van der Waals surface area (Å²) in [6.07, 6.45) is 0.847. The van der Waals surface area contributed by atoms with Crippen molar-refractivity contribution in [1.82, 2.24) is 0 Å². The van der Waals surface area contributed by atoms with E-state index >= 15 is 0 Å². The van der Waals surface area contributed by atoms with E-state index in [0.717, 1.165) is 12.1 Å². The summed E-state index contributed by atoms with van der Waals surface area (Å²) in [6.45, 7) is 8.36. The van der Waals surface area contributed by atoms with E-state index in [2.05, 4.69) is 31.1 Å². The Morgan fingerprint density at radius 3 is 1.45 bits per heavy atom. The Bertz CT molecular complexity index is 3560. The van der Waals surface area contributed by atoms with Gasteiger partial charge in [-0.1, -0.05) is 91.3 Å². The van der Waals surface area contributed by atoms with Crippen LogP contribution in [-0.4, -0.2) is 105 Å². The maximum Gasteiger partial charge on any atom is 2.00 e. The monoisotopic (exact) mass is 1240 g/mol. The Morgan fingerprint density at radius 1 is 0.584 bits per heavy atom. The maximum atomic E-state index is 13.4. The third-order valence-corrected chi connectivity index (χ3v) is 14.0. The predicted octanol–water partition coefficient (Wildman–Crippen LogP) is 12.8. The number of hydrogen-bond donors (Lipinski definition) is 4. The number of anilines is 2. The molecule has 0 aliphatic rings. The molecule has 0 unspecified atom stereocenters. The fourth-order valence-electron chi connectivity index (χ4n) is 7.69. The maximum absolute atomic E-state index is 13.4. The summed E-state index contributed by atoms with van der Waals surface area (Å²) in [5, 5.41) is 48.3. The van der Waals surface area contributed by atoms with Gasteiger partial charge in [-0.15, -0.1) is 5.11 Å². The summed E-state index contributed by atoms with van der Waals surface area (Å²) in [4.78, 5) is 25.1. The van der Waals surface area contributed by atoms with Gasteiger partial charge in [0, 0.05) is 27.7 Å². The molecular weight excluding hydrogens is 1200 g/mol. The van der Waals surface area contributed by atoms with Crippen molar-refractivity contribution in [3.05, 3.63) is 166 Å². The average Bonchev–Trinajstić information content (AvgIpc) is 3.39. The summed E-state index contributed by atoms with van der Waals surface area (Å²) >= 11 is 12.0. The molecule has 0 aliphatic carbocycles. The molecule has 0 aliphatic heterocycles. The minimum atomic E-state index is -4.87. The number of benzene rings is 8. The molecule has 0 spiro atoms. The number of phenols is 1. The van der Waals surface area contributed by atoms with Gasteiger partial charge in [0.1, 0.15) is 32.2 Å². The first-order chi connectivity index (χ1) is 36.2. The van der Waals surface area contributed by atoms with Gasteiger partial charge in [0.2, 0.25) is 0 Å². The molecule has 18 nitrogen and oxygen atoms in total. The van der Waals surface area contributed by atoms with Crippen LogP contribution in [0.2, 0.25) is 10.0 Å². The molecule has 0 aromatic heterocycles. The van der Waals surface area contributed by atoms with Crippen LogP contribution in [0.25, 0.3) is 21.5 Å². The van der Waals surface area contributed by atoms with Crippen molar-refractivity contribution in [3.63, 3.8) is 0 Å². The minimum Gasteiger partial charge on any atom is -0.870 e. The van der Waals surface area contributed by atoms with Crippen LogP contribution in [-0.2, 0) is 33.1 Å². The van der Waals surface area contributed by atoms with Gasteiger partial charge in [-0.05, 0) is 134 Å². The fraction of sp³-hybridized carbons (Fsp3) is 0.148. The number of ether oxygens (including phenoxy) is 2. The molecule has 4 N–H and O–H groups in total. The largest absolute Gasteiger partial charge is 2.00 e. The number of nitrogens with one attached hydrogen (secondary N) is 2. The zero-order valence-electron chi connectivity index (χ0n) is 41.6. The number of fused-ring (bicyclic) bond motifs is 2. The van der Waals surface area contributed by atoms with Crippen molar-refractivity contribution in [3.8, 4) is 23.0 Å². The van der Waals surface area contributed by atoms with E-state index < -0.39 is 53.3 Å². The summed E-state index contributed by atoms with van der Waals surface area (Å²) in [7, 11) is -9.47. The second kappa shape index (κ2) is 26.3. The minimum absolute atomic E-state index is 0. The van der Waals surface area contributed by atoms with Gasteiger partial charge in [-0.3, -0.25) is 14.1 Å². The van der Waals surface area contributed by atoms with Crippen molar-refractivity contribution in [2.24, 2.45) is 20.5 Å². The second-order valence-corrected chi connectivity index (χ2v) is 19.9. The number of aryl methyl sites for hydroxylation is 2. The van der Waals surface area contributed by atoms with E-state index in [-0.39, 0.29) is 92.8 Å². The molecule has 8 rings (SSSR count). The summed E-state index contributed by atoms with van der Waals surface area (Å²) in [5.41, 5.74) is 1.99. The quantitative estimate of drug-likeness (QED) is 0.0399. The van der Waals surface area contributed by atoms with Gasteiger partial charge in [0.25, 0.3) is 21.9 Å². The molecule has 0 atom stereocenters. The van der Waals surface area contributed by atoms with Gasteiger partial charge in [0.15, 0.2) is 5.75 Å². The van der Waals surface area contributed by atoms with Gasteiger partial charge in [-0.2, -0.15) is 23.8 Å². The van der Waals surface area contributed by atoms with Crippen molar-refractivity contribution in [2.75, 3.05) is 23.8 Å². The van der Waals surface area contributed by atoms with Crippen LogP contribution in [0.15, 0.2) is 164 Å². The Kier molecular flexibility index (Phi) is 20.4. The number of nitrogens with zero attached hydrogens (tertiary/aromatic N) is 4. The number of rotatable bonds is 16. The second-order valence-electron chi connectivity index (χ2n) is 16.3. The van der Waals surface area contributed by atoms with E-state index in [4.69, 9.17) is 32.7 Å². The molecule has 2 amide bonds. The topological polar surface area (TPSA) is 281 Å². The van der Waals surface area contributed by atoms with Crippen LogP contribution >= 0.6 is 23.2 Å². The van der Waals surface area contributed by atoms with Gasteiger partial charge < -0.3 is 34.9 Å². The zero-order chi connectivity index (χ0) is 54.9. The van der Waals surface area contributed by atoms with E-state index in [0.29, 0.717) is 81.6 Å². The van der Waals surface area contributed by atoms with Gasteiger partial charge >= 0.3 is 48.9 Å². The predicted molar refractivity (Wildman–Crippen MR) is 294 cm³/mol. The molecular formula is C54H46BaCl2N6O12S2. The van der Waals surface area contributed by atoms with Crippen LogP contribution in [0, 0.1) is 0 Å². The third kappa shape index (κ3) is 14.6. The standard InChI is InChI=1S/2C27H24ClN3O6S.Ba/c2*1-3-16-14-22(28)24(38(34,35)36)15-23(16)30-31-25-20-8-6-5-7-17(20)13-21(26(25)32)27(33)29-18-9-11-19(12-10-18)37-4-2;/h2*5-15,32H,3-4H2,1-2H3,(H,29,33)(H,34,35,36);/q;;+2/p-2. The molecule has 77 heavy (non-hydrogen) atoms. The Morgan fingerprint density at radius 2 is 1.00 bits per heavy atom. The average molecular weight is 1240 g/mol. The first-order valence-corrected chi connectivity index (χ1v) is 26.8. The molecule has 392 valence electrons. The smallest absolute Gasteiger partial charge is 0.870 e. The molecule has 0 saturated heterocycles. The SMILES string of the molecule is CCOc1ccc(NC(=O)c2cc3ccccc3c(N=Nc3cc(S(=O)(=O)O)c(Cl)cc3CC)c2O)cc1.CCOc1ccc(NC(=O)c2cc3ccccc3c(N=Nc3cc(S(=O)(=O)[O-])c(Cl)cc3CC)c2[O-])cc1.[Ba+2]. The molecule has 0 saturated carbocycles. The number of aromatic hydroxyl groups is 1. The van der Waals surface area contributed by atoms with Crippen molar-refractivity contribution >= 4 is 160 Å². The van der Waals surface area contributed by atoms with Gasteiger partial charge in [0.05, 0.1) is 50.8 Å². The molecule has 8 aromatic rings. The number of phenolic OH excluding ortho intramolecular Hbond substituents is 1. The van der Waals surface area contributed by atoms with Crippen LogP contribution in [0.4, 0.5) is 34.1 Å². The van der Waals surface area contributed by atoms with E-state index in [1.807, 2.05) is 20.8 Å². The number of carbonyl (C=O) groups excluding carboxylic acids is 2. The van der Waals surface area contributed by atoms with Crippen molar-refractivity contribution in [1.29, 1.82) is 0 Å². The zero-order valence-corrected chi connectivity index (χ0v) is 49.2. The molecule has 0 fully saturated rings. The Balaban J connectivity index is 0.000000246. The fourth-order valence-corrected chi connectivity index (χ4v) is 9.75. The van der Waals surface area contributed by atoms with E-state index in [1.165, 1.54) is 18.2 Å². The number of amides is 2. The molecule has 0 bridgehead atoms. The van der Waals surface area contributed by atoms with Crippen LogP contribution in [0.3, 0.4) is 0 Å². The normalized spacial score (nSPS) is 11.5. The summed E-state index contributed by atoms with van der Waals surface area (Å²) in [5.74, 6) is -0.972. The molecule has 0 radical (unpaired) electrons. The molecule has 8 aromatic carbocycles. The van der Waals surface area contributed by atoms with Crippen molar-refractivity contribution in [2.45, 2.75) is 50.3 Å². The third-order valence-electron chi connectivity index (χ3n) is 11.4. The number of azo groups is 2. The number of carbonyl (C=O) groups is 2. The van der Waals surface area contributed by atoms with E-state index in [1.54, 1.807) is 110 Å². The Labute approximate surface area is 493 Å². The molecule has 0 heterocycles. The van der Waals surface area contributed by atoms with Crippen LogP contribution < -0.4 is 25.2 Å². The summed E-state index contributed by atoms with van der Waals surface area (Å²) < 4.78 is 78.7. The number of hydrogen-bond acceptors (Lipinski definition) is 15. The first kappa shape index (κ1) is 59.8. The Hall–Kier alpha value is -6.41. The first-order valence-electron chi connectivity index (χ1n) is 23.2. The van der Waals surface area contributed by atoms with E-state index in [9.17, 15) is 45.7 Å².